The Hall–Kier alpha value is -1.46. The zero-order chi connectivity index (χ0) is 15.4. The number of nitrogens with zero attached hydrogens (tertiary/aromatic N) is 3. The predicted molar refractivity (Wildman–Crippen MR) is 91.3 cm³/mol. The first-order valence-corrected chi connectivity index (χ1v) is 8.05. The van der Waals surface area contributed by atoms with Crippen molar-refractivity contribution in [2.75, 3.05) is 17.3 Å². The molecule has 0 bridgehead atoms. The van der Waals surface area contributed by atoms with Crippen molar-refractivity contribution >= 4 is 40.2 Å². The van der Waals surface area contributed by atoms with Crippen LogP contribution in [0.2, 0.25) is 5.02 Å². The molecule has 1 aliphatic heterocycles. The molecule has 112 valence electrons. The van der Waals surface area contributed by atoms with E-state index in [4.69, 9.17) is 11.6 Å². The Bertz CT molecular complexity index is 574. The highest BCUT2D eigenvalue weighted by atomic mass is 35.5. The minimum atomic E-state index is -0.102. The molecule has 1 aromatic rings. The summed E-state index contributed by atoms with van der Waals surface area (Å²) in [5.74, 6) is 0.526. The summed E-state index contributed by atoms with van der Waals surface area (Å²) in [7, 11) is 0. The van der Waals surface area contributed by atoms with Gasteiger partial charge in [-0.05, 0) is 32.0 Å². The van der Waals surface area contributed by atoms with E-state index >= 15 is 0 Å². The van der Waals surface area contributed by atoms with E-state index in [0.29, 0.717) is 17.4 Å². The number of rotatable bonds is 4. The van der Waals surface area contributed by atoms with E-state index < -0.39 is 0 Å². The second-order valence-corrected chi connectivity index (χ2v) is 6.22. The monoisotopic (exact) mass is 323 g/mol. The fourth-order valence-electron chi connectivity index (χ4n) is 1.93. The van der Waals surface area contributed by atoms with Gasteiger partial charge in [-0.3, -0.25) is 14.8 Å². The summed E-state index contributed by atoms with van der Waals surface area (Å²) in [6.07, 6.45) is 1.70. The fraction of sp³-hybridized carbons (Fsp3) is 0.333. The van der Waals surface area contributed by atoms with Gasteiger partial charge in [0.05, 0.1) is 5.88 Å². The molecule has 21 heavy (non-hydrogen) atoms. The summed E-state index contributed by atoms with van der Waals surface area (Å²) in [5.41, 5.74) is 0.789. The molecule has 0 radical (unpaired) electrons. The Morgan fingerprint density at radius 1 is 1.52 bits per heavy atom. The van der Waals surface area contributed by atoms with Crippen LogP contribution >= 0.6 is 23.4 Å². The van der Waals surface area contributed by atoms with Crippen LogP contribution < -0.4 is 4.90 Å². The molecule has 2 amide bonds. The van der Waals surface area contributed by atoms with Crippen molar-refractivity contribution in [1.82, 2.24) is 4.90 Å². The van der Waals surface area contributed by atoms with Crippen LogP contribution in [0, 0.1) is 0 Å². The number of anilines is 1. The number of carbonyl (C=O) groups excluding carboxylic acids is 1. The molecule has 0 saturated carbocycles. The molecular weight excluding hydrogens is 306 g/mol. The van der Waals surface area contributed by atoms with Crippen molar-refractivity contribution in [2.24, 2.45) is 4.99 Å². The summed E-state index contributed by atoms with van der Waals surface area (Å²) in [5, 5.41) is 1.36. The number of carbonyl (C=O) groups is 1. The first-order chi connectivity index (χ1) is 10.0. The van der Waals surface area contributed by atoms with Crippen molar-refractivity contribution in [3.63, 3.8) is 0 Å². The quantitative estimate of drug-likeness (QED) is 0.778. The average molecular weight is 324 g/mol. The standard InChI is InChI=1S/C15H18ClN3OS/c1-4-8-18-14(17-11(2)3)21-10-19(15(18)20)13-7-5-6-12(16)9-13/h4-7,9,11H,1,8,10H2,2-3H3/b17-14-. The summed E-state index contributed by atoms with van der Waals surface area (Å²) in [4.78, 5) is 20.5. The second kappa shape index (κ2) is 7.00. The lowest BCUT2D eigenvalue weighted by molar-refractivity contribution is 0.230. The number of amidine groups is 1. The maximum Gasteiger partial charge on any atom is 0.331 e. The number of halogens is 1. The van der Waals surface area contributed by atoms with Gasteiger partial charge in [-0.25, -0.2) is 4.79 Å². The van der Waals surface area contributed by atoms with E-state index in [1.807, 2.05) is 26.0 Å². The minimum Gasteiger partial charge on any atom is -0.284 e. The third-order valence-electron chi connectivity index (χ3n) is 2.82. The van der Waals surface area contributed by atoms with Crippen LogP contribution in [0.1, 0.15) is 13.8 Å². The molecule has 2 rings (SSSR count). The summed E-state index contributed by atoms with van der Waals surface area (Å²) < 4.78 is 0. The van der Waals surface area contributed by atoms with Gasteiger partial charge in [-0.2, -0.15) is 0 Å². The number of aliphatic imine (C=N–C) groups is 1. The summed E-state index contributed by atoms with van der Waals surface area (Å²) in [6.45, 7) is 8.14. The number of benzene rings is 1. The van der Waals surface area contributed by atoms with E-state index in [1.54, 1.807) is 39.8 Å². The summed E-state index contributed by atoms with van der Waals surface area (Å²) >= 11 is 7.55. The van der Waals surface area contributed by atoms with E-state index in [1.165, 1.54) is 0 Å². The van der Waals surface area contributed by atoms with Gasteiger partial charge in [0.1, 0.15) is 0 Å². The molecule has 4 nitrogen and oxygen atoms in total. The molecule has 0 N–H and O–H groups in total. The van der Waals surface area contributed by atoms with Crippen LogP contribution in [0.5, 0.6) is 0 Å². The Kier molecular flexibility index (Phi) is 5.31. The molecule has 0 atom stereocenters. The van der Waals surface area contributed by atoms with Crippen molar-refractivity contribution in [3.05, 3.63) is 41.9 Å². The first-order valence-electron chi connectivity index (χ1n) is 6.69. The molecular formula is C15H18ClN3OS. The number of urea groups is 1. The van der Waals surface area contributed by atoms with Gasteiger partial charge in [-0.15, -0.1) is 6.58 Å². The lowest BCUT2D eigenvalue weighted by Gasteiger charge is -2.35. The number of hydrogen-bond acceptors (Lipinski definition) is 3. The second-order valence-electron chi connectivity index (χ2n) is 4.87. The van der Waals surface area contributed by atoms with Gasteiger partial charge < -0.3 is 0 Å². The first kappa shape index (κ1) is 15.9. The van der Waals surface area contributed by atoms with E-state index in [0.717, 1.165) is 10.9 Å². The van der Waals surface area contributed by atoms with E-state index in [2.05, 4.69) is 11.6 Å². The van der Waals surface area contributed by atoms with Crippen LogP contribution in [0.15, 0.2) is 41.9 Å². The molecule has 0 aliphatic carbocycles. The highest BCUT2D eigenvalue weighted by Gasteiger charge is 2.31. The maximum absolute atomic E-state index is 12.7. The van der Waals surface area contributed by atoms with Crippen LogP contribution in [-0.4, -0.2) is 34.6 Å². The molecule has 1 heterocycles. The van der Waals surface area contributed by atoms with E-state index in [9.17, 15) is 4.79 Å². The minimum absolute atomic E-state index is 0.102. The Balaban J connectivity index is 2.29. The highest BCUT2D eigenvalue weighted by Crippen LogP contribution is 2.28. The van der Waals surface area contributed by atoms with Gasteiger partial charge in [0.2, 0.25) is 0 Å². The highest BCUT2D eigenvalue weighted by molar-refractivity contribution is 8.14. The topological polar surface area (TPSA) is 35.9 Å². The molecule has 0 aromatic heterocycles. The van der Waals surface area contributed by atoms with E-state index in [-0.39, 0.29) is 12.1 Å². The zero-order valence-electron chi connectivity index (χ0n) is 12.1. The Morgan fingerprint density at radius 2 is 2.29 bits per heavy atom. The van der Waals surface area contributed by atoms with Crippen LogP contribution in [0.4, 0.5) is 10.5 Å². The molecule has 1 saturated heterocycles. The third-order valence-corrected chi connectivity index (χ3v) is 4.02. The smallest absolute Gasteiger partial charge is 0.284 e. The largest absolute Gasteiger partial charge is 0.331 e. The Morgan fingerprint density at radius 3 is 2.90 bits per heavy atom. The molecule has 0 spiro atoms. The normalized spacial score (nSPS) is 17.7. The molecule has 1 aromatic carbocycles. The van der Waals surface area contributed by atoms with Gasteiger partial charge in [-0.1, -0.05) is 35.5 Å². The van der Waals surface area contributed by atoms with Gasteiger partial charge in [0.25, 0.3) is 0 Å². The van der Waals surface area contributed by atoms with Crippen LogP contribution in [0.25, 0.3) is 0 Å². The lowest BCUT2D eigenvalue weighted by Crippen LogP contribution is -2.50. The zero-order valence-corrected chi connectivity index (χ0v) is 13.7. The molecule has 1 fully saturated rings. The number of amides is 2. The average Bonchev–Trinajstić information content (AvgIpc) is 2.42. The SMILES string of the molecule is C=CCN1C(=O)N(c2cccc(Cl)c2)CS/C1=N\C(C)C. The molecule has 6 heteroatoms. The van der Waals surface area contributed by atoms with Crippen molar-refractivity contribution in [3.8, 4) is 0 Å². The third kappa shape index (κ3) is 3.80. The van der Waals surface area contributed by atoms with Crippen LogP contribution in [0.3, 0.4) is 0 Å². The van der Waals surface area contributed by atoms with Gasteiger partial charge in [0.15, 0.2) is 5.17 Å². The fourth-order valence-corrected chi connectivity index (χ4v) is 3.21. The number of thioether (sulfide) groups is 1. The number of hydrogen-bond donors (Lipinski definition) is 0. The molecule has 0 unspecified atom stereocenters. The van der Waals surface area contributed by atoms with Gasteiger partial charge >= 0.3 is 6.03 Å². The van der Waals surface area contributed by atoms with Crippen molar-refractivity contribution in [1.29, 1.82) is 0 Å². The summed E-state index contributed by atoms with van der Waals surface area (Å²) in [6, 6.07) is 7.34. The van der Waals surface area contributed by atoms with Crippen LogP contribution in [-0.2, 0) is 0 Å². The Labute approximate surface area is 134 Å². The van der Waals surface area contributed by atoms with Gasteiger partial charge in [0, 0.05) is 23.3 Å². The predicted octanol–water partition coefficient (Wildman–Crippen LogP) is 4.22. The van der Waals surface area contributed by atoms with Crippen molar-refractivity contribution in [2.45, 2.75) is 19.9 Å². The maximum atomic E-state index is 12.7. The lowest BCUT2D eigenvalue weighted by atomic mass is 10.3. The molecule has 1 aliphatic rings. The van der Waals surface area contributed by atoms with Crippen molar-refractivity contribution < 1.29 is 4.79 Å².